The largest absolute Gasteiger partial charge is 0.359 e. The zero-order valence-electron chi connectivity index (χ0n) is 18.6. The average Bonchev–Trinajstić information content (AvgIpc) is 3.51. The molecule has 1 amide bonds. The van der Waals surface area contributed by atoms with Gasteiger partial charge in [0.25, 0.3) is 5.91 Å². The molecule has 2 aromatic carbocycles. The van der Waals surface area contributed by atoms with Crippen molar-refractivity contribution in [2.45, 2.75) is 25.3 Å². The number of rotatable bonds is 7. The van der Waals surface area contributed by atoms with Crippen LogP contribution >= 0.6 is 35.0 Å². The van der Waals surface area contributed by atoms with E-state index in [1.54, 1.807) is 23.9 Å². The number of nitrogens with zero attached hydrogens (tertiary/aromatic N) is 4. The first-order chi connectivity index (χ1) is 16.5. The maximum atomic E-state index is 12.9. The third-order valence-electron chi connectivity index (χ3n) is 6.06. The van der Waals surface area contributed by atoms with Crippen molar-refractivity contribution in [1.82, 2.24) is 24.8 Å². The quantitative estimate of drug-likeness (QED) is 0.316. The lowest BCUT2D eigenvalue weighted by atomic mass is 10.1. The molecule has 0 spiro atoms. The van der Waals surface area contributed by atoms with Crippen LogP contribution < -0.4 is 5.32 Å². The zero-order chi connectivity index (χ0) is 23.7. The molecule has 2 aromatic heterocycles. The second-order valence-electron chi connectivity index (χ2n) is 8.33. The van der Waals surface area contributed by atoms with Crippen molar-refractivity contribution in [3.63, 3.8) is 0 Å². The van der Waals surface area contributed by atoms with Gasteiger partial charge < -0.3 is 15.2 Å². The van der Waals surface area contributed by atoms with Gasteiger partial charge in [-0.25, -0.2) is 15.0 Å². The van der Waals surface area contributed by atoms with Crippen LogP contribution in [0.2, 0.25) is 10.0 Å². The van der Waals surface area contributed by atoms with Gasteiger partial charge in [-0.15, -0.1) is 0 Å². The highest BCUT2D eigenvalue weighted by Crippen LogP contribution is 2.31. The third-order valence-corrected chi connectivity index (χ3v) is 7.25. The molecule has 0 saturated carbocycles. The standard InChI is InChI=1S/C24H24Cl2N6OS/c1-34-9-6-19(23-29-18-5-4-14(25)10-21(18)31-23)30-22-16-11-17(26)15(12-20(16)27-13-28-22)24(33)32-7-2-3-8-32/h4-5,10-13,19H,2-3,6-9H2,1H3,(H,29,31)(H,27,28,30). The minimum atomic E-state index is -0.110. The fraction of sp³-hybridized carbons (Fsp3) is 0.333. The Morgan fingerprint density at radius 1 is 1.18 bits per heavy atom. The molecule has 34 heavy (non-hydrogen) atoms. The molecule has 0 radical (unpaired) electrons. The summed E-state index contributed by atoms with van der Waals surface area (Å²) in [6.07, 6.45) is 6.47. The first-order valence-electron chi connectivity index (χ1n) is 11.2. The number of carbonyl (C=O) groups excluding carboxylic acids is 1. The Morgan fingerprint density at radius 3 is 2.79 bits per heavy atom. The Morgan fingerprint density at radius 2 is 2.00 bits per heavy atom. The predicted molar refractivity (Wildman–Crippen MR) is 140 cm³/mol. The van der Waals surface area contributed by atoms with Crippen LogP contribution in [0.5, 0.6) is 0 Å². The zero-order valence-corrected chi connectivity index (χ0v) is 21.0. The first-order valence-corrected chi connectivity index (χ1v) is 13.3. The maximum Gasteiger partial charge on any atom is 0.255 e. The smallest absolute Gasteiger partial charge is 0.255 e. The van der Waals surface area contributed by atoms with E-state index in [1.165, 1.54) is 6.33 Å². The lowest BCUT2D eigenvalue weighted by Crippen LogP contribution is -2.27. The summed E-state index contributed by atoms with van der Waals surface area (Å²) in [7, 11) is 0. The van der Waals surface area contributed by atoms with Crippen molar-refractivity contribution in [3.8, 4) is 0 Å². The van der Waals surface area contributed by atoms with Gasteiger partial charge in [0.15, 0.2) is 0 Å². The summed E-state index contributed by atoms with van der Waals surface area (Å²) >= 11 is 14.5. The van der Waals surface area contributed by atoms with Gasteiger partial charge in [-0.1, -0.05) is 23.2 Å². The van der Waals surface area contributed by atoms with Crippen molar-refractivity contribution in [2.75, 3.05) is 30.4 Å². The molecule has 1 atom stereocenters. The third kappa shape index (κ3) is 4.67. The van der Waals surface area contributed by atoms with Gasteiger partial charge in [0.2, 0.25) is 0 Å². The molecule has 10 heteroatoms. The molecular formula is C24H24Cl2N6OS. The number of benzene rings is 2. The van der Waals surface area contributed by atoms with E-state index in [-0.39, 0.29) is 11.9 Å². The van der Waals surface area contributed by atoms with Gasteiger partial charge in [0.1, 0.15) is 18.0 Å². The SMILES string of the molecule is CSCCC(Nc1ncnc2cc(C(=O)N3CCCC3)c(Cl)cc12)c1nc2ccc(Cl)cc2[nH]1. The fourth-order valence-electron chi connectivity index (χ4n) is 4.29. The van der Waals surface area contributed by atoms with Crippen LogP contribution in [0.3, 0.4) is 0 Å². The highest BCUT2D eigenvalue weighted by atomic mass is 35.5. The summed E-state index contributed by atoms with van der Waals surface area (Å²) in [6, 6.07) is 9.05. The number of fused-ring (bicyclic) bond motifs is 2. The number of H-pyrrole nitrogens is 1. The molecule has 4 aromatic rings. The van der Waals surface area contributed by atoms with Gasteiger partial charge in [-0.2, -0.15) is 11.8 Å². The molecule has 1 fully saturated rings. The van der Waals surface area contributed by atoms with E-state index < -0.39 is 0 Å². The van der Waals surface area contributed by atoms with Crippen LogP contribution in [0, 0.1) is 0 Å². The lowest BCUT2D eigenvalue weighted by molar-refractivity contribution is 0.0793. The number of aromatic nitrogens is 4. The number of aromatic amines is 1. The number of hydrogen-bond donors (Lipinski definition) is 2. The summed E-state index contributed by atoms with van der Waals surface area (Å²) in [4.78, 5) is 31.9. The summed E-state index contributed by atoms with van der Waals surface area (Å²) in [5, 5.41) is 5.36. The highest BCUT2D eigenvalue weighted by molar-refractivity contribution is 7.98. The van der Waals surface area contributed by atoms with Gasteiger partial charge in [0, 0.05) is 23.5 Å². The van der Waals surface area contributed by atoms with Gasteiger partial charge in [0.05, 0.1) is 33.2 Å². The van der Waals surface area contributed by atoms with E-state index in [9.17, 15) is 4.79 Å². The molecule has 7 nitrogen and oxygen atoms in total. The molecule has 1 aliphatic rings. The second kappa shape index (κ2) is 9.98. The maximum absolute atomic E-state index is 12.9. The summed E-state index contributed by atoms with van der Waals surface area (Å²) in [6.45, 7) is 1.53. The second-order valence-corrected chi connectivity index (χ2v) is 10.2. The van der Waals surface area contributed by atoms with Crippen LogP contribution in [0.25, 0.3) is 21.9 Å². The minimum Gasteiger partial charge on any atom is -0.359 e. The van der Waals surface area contributed by atoms with Crippen molar-refractivity contribution in [1.29, 1.82) is 0 Å². The van der Waals surface area contributed by atoms with Crippen LogP contribution in [-0.4, -0.2) is 55.8 Å². The number of imidazole rings is 1. The molecule has 3 heterocycles. The number of likely N-dealkylation sites (tertiary alicyclic amines) is 1. The molecule has 1 unspecified atom stereocenters. The first kappa shape index (κ1) is 23.2. The van der Waals surface area contributed by atoms with Gasteiger partial charge in [-0.05, 0) is 61.6 Å². The number of thioether (sulfide) groups is 1. The summed E-state index contributed by atoms with van der Waals surface area (Å²) in [5.74, 6) is 2.35. The summed E-state index contributed by atoms with van der Waals surface area (Å²) in [5.41, 5.74) is 2.90. The van der Waals surface area contributed by atoms with E-state index in [2.05, 4.69) is 26.5 Å². The molecule has 0 aliphatic carbocycles. The highest BCUT2D eigenvalue weighted by Gasteiger charge is 2.23. The van der Waals surface area contributed by atoms with Crippen molar-refractivity contribution < 1.29 is 4.79 Å². The minimum absolute atomic E-state index is 0.0451. The molecule has 1 saturated heterocycles. The number of hydrogen-bond acceptors (Lipinski definition) is 6. The topological polar surface area (TPSA) is 86.8 Å². The Labute approximate surface area is 211 Å². The van der Waals surface area contributed by atoms with Crippen LogP contribution in [0.1, 0.15) is 41.5 Å². The predicted octanol–water partition coefficient (Wildman–Crippen LogP) is 5.96. The number of anilines is 1. The molecule has 5 rings (SSSR count). The van der Waals surface area contributed by atoms with Gasteiger partial charge >= 0.3 is 0 Å². The molecule has 1 aliphatic heterocycles. The van der Waals surface area contributed by atoms with E-state index >= 15 is 0 Å². The Balaban J connectivity index is 1.49. The fourth-order valence-corrected chi connectivity index (χ4v) is 5.18. The number of halogens is 2. The van der Waals surface area contributed by atoms with E-state index in [0.29, 0.717) is 26.9 Å². The number of amides is 1. The summed E-state index contributed by atoms with van der Waals surface area (Å²) < 4.78 is 0. The average molecular weight is 515 g/mol. The monoisotopic (exact) mass is 514 g/mol. The van der Waals surface area contributed by atoms with E-state index in [4.69, 9.17) is 28.2 Å². The van der Waals surface area contributed by atoms with Crippen LogP contribution in [0.15, 0.2) is 36.7 Å². The Kier molecular flexibility index (Phi) is 6.81. The Bertz CT molecular complexity index is 1350. The van der Waals surface area contributed by atoms with E-state index in [0.717, 1.165) is 60.3 Å². The number of nitrogens with one attached hydrogen (secondary N) is 2. The lowest BCUT2D eigenvalue weighted by Gasteiger charge is -2.19. The van der Waals surface area contributed by atoms with E-state index in [1.807, 2.05) is 23.1 Å². The number of carbonyl (C=O) groups is 1. The molecule has 0 bridgehead atoms. The molecule has 176 valence electrons. The normalized spacial score (nSPS) is 14.7. The van der Waals surface area contributed by atoms with Crippen LogP contribution in [-0.2, 0) is 0 Å². The van der Waals surface area contributed by atoms with Crippen molar-refractivity contribution in [2.24, 2.45) is 0 Å². The van der Waals surface area contributed by atoms with Crippen LogP contribution in [0.4, 0.5) is 5.82 Å². The Hall–Kier alpha value is -2.55. The van der Waals surface area contributed by atoms with Crippen molar-refractivity contribution >= 4 is 68.6 Å². The van der Waals surface area contributed by atoms with Gasteiger partial charge in [-0.3, -0.25) is 4.79 Å². The molecular weight excluding hydrogens is 491 g/mol. The molecule has 2 N–H and O–H groups in total. The van der Waals surface area contributed by atoms with Crippen molar-refractivity contribution in [3.05, 3.63) is 58.1 Å².